The summed E-state index contributed by atoms with van der Waals surface area (Å²) < 4.78 is 37.5. The Kier molecular flexibility index (Phi) is 6.91. The molecule has 1 aromatic carbocycles. The van der Waals surface area contributed by atoms with Gasteiger partial charge in [0.25, 0.3) is 0 Å². The van der Waals surface area contributed by atoms with Gasteiger partial charge in [0.2, 0.25) is 0 Å². The molecule has 0 aliphatic rings. The van der Waals surface area contributed by atoms with Crippen LogP contribution in [0.5, 0.6) is 0 Å². The summed E-state index contributed by atoms with van der Waals surface area (Å²) in [5.41, 5.74) is 0.271. The Labute approximate surface area is 112 Å². The monoisotopic (exact) mass is 273 g/mol. The minimum atomic E-state index is -0.846. The Morgan fingerprint density at radius 2 is 1.95 bits per heavy atom. The van der Waals surface area contributed by atoms with Gasteiger partial charge in [-0.3, -0.25) is 0 Å². The molecule has 0 radical (unpaired) electrons. The smallest absolute Gasteiger partial charge is 0.163 e. The van der Waals surface area contributed by atoms with Crippen LogP contribution in [0.1, 0.15) is 25.5 Å². The fourth-order valence-electron chi connectivity index (χ4n) is 1.66. The molecule has 1 aromatic rings. The van der Waals surface area contributed by atoms with E-state index in [1.165, 1.54) is 6.07 Å². The number of nitrogens with one attached hydrogen (secondary N) is 1. The minimum absolute atomic E-state index is 0.157. The highest BCUT2D eigenvalue weighted by Gasteiger charge is 2.16. The molecule has 0 amide bonds. The van der Waals surface area contributed by atoms with Crippen molar-refractivity contribution < 1.29 is 18.3 Å². The average Bonchev–Trinajstić information content (AvgIpc) is 2.37. The van der Waals surface area contributed by atoms with E-state index < -0.39 is 11.6 Å². The highest BCUT2D eigenvalue weighted by atomic mass is 19.2. The van der Waals surface area contributed by atoms with E-state index in [4.69, 9.17) is 9.47 Å². The standard InChI is InChI=1S/C14H21F2NO2/c1-10(2)19-8-7-18-9-13(17-3)11-5-4-6-12(15)14(11)16/h4-6,10,13,17H,7-9H2,1-3H3. The molecule has 0 aliphatic carbocycles. The molecule has 108 valence electrons. The second-order valence-electron chi connectivity index (χ2n) is 4.48. The van der Waals surface area contributed by atoms with E-state index in [0.717, 1.165) is 6.07 Å². The maximum absolute atomic E-state index is 13.6. The molecule has 1 N–H and O–H groups in total. The SMILES string of the molecule is CNC(COCCOC(C)C)c1cccc(F)c1F. The molecule has 0 fully saturated rings. The quantitative estimate of drug-likeness (QED) is 0.739. The molecule has 0 heterocycles. The molecule has 1 rings (SSSR count). The van der Waals surface area contributed by atoms with Crippen LogP contribution in [0, 0.1) is 11.6 Å². The minimum Gasteiger partial charge on any atom is -0.377 e. The zero-order valence-electron chi connectivity index (χ0n) is 11.6. The van der Waals surface area contributed by atoms with Gasteiger partial charge >= 0.3 is 0 Å². The fraction of sp³-hybridized carbons (Fsp3) is 0.571. The first kappa shape index (κ1) is 16.0. The first-order valence-electron chi connectivity index (χ1n) is 6.36. The fourth-order valence-corrected chi connectivity index (χ4v) is 1.66. The topological polar surface area (TPSA) is 30.5 Å². The van der Waals surface area contributed by atoms with Gasteiger partial charge in [-0.25, -0.2) is 8.78 Å². The third-order valence-electron chi connectivity index (χ3n) is 2.67. The average molecular weight is 273 g/mol. The molecule has 5 heteroatoms. The van der Waals surface area contributed by atoms with Gasteiger partial charge in [0.15, 0.2) is 11.6 Å². The van der Waals surface area contributed by atoms with Gasteiger partial charge in [-0.2, -0.15) is 0 Å². The van der Waals surface area contributed by atoms with Crippen LogP contribution in [0.25, 0.3) is 0 Å². The Morgan fingerprint density at radius 1 is 1.21 bits per heavy atom. The van der Waals surface area contributed by atoms with E-state index in [-0.39, 0.29) is 24.3 Å². The first-order chi connectivity index (χ1) is 9.06. The predicted molar refractivity (Wildman–Crippen MR) is 70.1 cm³/mol. The van der Waals surface area contributed by atoms with E-state index >= 15 is 0 Å². The van der Waals surface area contributed by atoms with Crippen molar-refractivity contribution in [3.05, 3.63) is 35.4 Å². The first-order valence-corrected chi connectivity index (χ1v) is 6.36. The molecule has 0 saturated carbocycles. The Balaban J connectivity index is 2.47. The summed E-state index contributed by atoms with van der Waals surface area (Å²) in [6.07, 6.45) is 0.157. The Morgan fingerprint density at radius 3 is 2.58 bits per heavy atom. The molecule has 0 saturated heterocycles. The van der Waals surface area contributed by atoms with Gasteiger partial charge in [-0.15, -0.1) is 0 Å². The second-order valence-corrected chi connectivity index (χ2v) is 4.48. The largest absolute Gasteiger partial charge is 0.377 e. The molecule has 1 atom stereocenters. The van der Waals surface area contributed by atoms with Crippen molar-refractivity contribution in [3.63, 3.8) is 0 Å². The van der Waals surface area contributed by atoms with Crippen LogP contribution in [0.2, 0.25) is 0 Å². The van der Waals surface area contributed by atoms with E-state index in [1.54, 1.807) is 13.1 Å². The van der Waals surface area contributed by atoms with Crippen LogP contribution in [-0.2, 0) is 9.47 Å². The third-order valence-corrected chi connectivity index (χ3v) is 2.67. The van der Waals surface area contributed by atoms with Crippen LogP contribution >= 0.6 is 0 Å². The van der Waals surface area contributed by atoms with Gasteiger partial charge in [-0.05, 0) is 27.0 Å². The number of halogens is 2. The summed E-state index contributed by atoms with van der Waals surface area (Å²) in [4.78, 5) is 0. The van der Waals surface area contributed by atoms with Crippen molar-refractivity contribution in [1.29, 1.82) is 0 Å². The summed E-state index contributed by atoms with van der Waals surface area (Å²) in [7, 11) is 1.68. The van der Waals surface area contributed by atoms with Gasteiger partial charge < -0.3 is 14.8 Å². The number of hydrogen-bond acceptors (Lipinski definition) is 3. The molecule has 0 aromatic heterocycles. The summed E-state index contributed by atoms with van der Waals surface area (Å²) in [6.45, 7) is 5.06. The van der Waals surface area contributed by atoms with Crippen molar-refractivity contribution in [1.82, 2.24) is 5.32 Å². The number of rotatable bonds is 8. The highest BCUT2D eigenvalue weighted by molar-refractivity contribution is 5.22. The van der Waals surface area contributed by atoms with Crippen molar-refractivity contribution >= 4 is 0 Å². The van der Waals surface area contributed by atoms with Crippen molar-refractivity contribution in [2.45, 2.75) is 26.0 Å². The molecule has 19 heavy (non-hydrogen) atoms. The summed E-state index contributed by atoms with van der Waals surface area (Å²) in [5, 5.41) is 2.91. The molecule has 0 bridgehead atoms. The second kappa shape index (κ2) is 8.19. The summed E-state index contributed by atoms with van der Waals surface area (Å²) in [6, 6.07) is 3.76. The van der Waals surface area contributed by atoms with E-state index in [1.807, 2.05) is 13.8 Å². The maximum atomic E-state index is 13.6. The number of likely N-dealkylation sites (N-methyl/N-ethyl adjacent to an activating group) is 1. The normalized spacial score (nSPS) is 12.9. The van der Waals surface area contributed by atoms with Crippen LogP contribution in [0.4, 0.5) is 8.78 Å². The lowest BCUT2D eigenvalue weighted by Crippen LogP contribution is -2.24. The third kappa shape index (κ3) is 5.22. The molecule has 0 spiro atoms. The van der Waals surface area contributed by atoms with Crippen molar-refractivity contribution in [2.24, 2.45) is 0 Å². The zero-order valence-corrected chi connectivity index (χ0v) is 11.6. The zero-order chi connectivity index (χ0) is 14.3. The summed E-state index contributed by atoms with van der Waals surface area (Å²) >= 11 is 0. The molecule has 1 unspecified atom stereocenters. The predicted octanol–water partition coefficient (Wildman–Crippen LogP) is 2.67. The lowest BCUT2D eigenvalue weighted by Gasteiger charge is -2.18. The lowest BCUT2D eigenvalue weighted by atomic mass is 10.1. The highest BCUT2D eigenvalue weighted by Crippen LogP contribution is 2.19. The van der Waals surface area contributed by atoms with Crippen LogP contribution in [0.3, 0.4) is 0 Å². The van der Waals surface area contributed by atoms with Crippen LogP contribution < -0.4 is 5.32 Å². The van der Waals surface area contributed by atoms with E-state index in [9.17, 15) is 8.78 Å². The molecule has 3 nitrogen and oxygen atoms in total. The van der Waals surface area contributed by atoms with Crippen LogP contribution in [0.15, 0.2) is 18.2 Å². The Bertz CT molecular complexity index is 386. The molecule has 0 aliphatic heterocycles. The summed E-state index contributed by atoms with van der Waals surface area (Å²) in [5.74, 6) is -1.68. The van der Waals surface area contributed by atoms with E-state index in [2.05, 4.69) is 5.32 Å². The molecular formula is C14H21F2NO2. The maximum Gasteiger partial charge on any atom is 0.163 e. The number of ether oxygens (including phenoxy) is 2. The van der Waals surface area contributed by atoms with Gasteiger partial charge in [0.05, 0.1) is 32.0 Å². The van der Waals surface area contributed by atoms with E-state index in [0.29, 0.717) is 13.2 Å². The molecular weight excluding hydrogens is 252 g/mol. The van der Waals surface area contributed by atoms with Crippen LogP contribution in [-0.4, -0.2) is 33.0 Å². The van der Waals surface area contributed by atoms with Gasteiger partial charge in [0, 0.05) is 5.56 Å². The Hall–Kier alpha value is -1.04. The van der Waals surface area contributed by atoms with Crippen molar-refractivity contribution in [3.8, 4) is 0 Å². The van der Waals surface area contributed by atoms with Gasteiger partial charge in [0.1, 0.15) is 0 Å². The van der Waals surface area contributed by atoms with Gasteiger partial charge in [-0.1, -0.05) is 12.1 Å². The number of benzene rings is 1. The number of hydrogen-bond donors (Lipinski definition) is 1. The van der Waals surface area contributed by atoms with Crippen molar-refractivity contribution in [2.75, 3.05) is 26.9 Å². The lowest BCUT2D eigenvalue weighted by molar-refractivity contribution is 0.0139.